The molecule has 3 aliphatic carbocycles. The molecule has 2 heteroatoms. The van der Waals surface area contributed by atoms with Gasteiger partial charge in [-0.3, -0.25) is 0 Å². The van der Waals surface area contributed by atoms with E-state index in [9.17, 15) is 0 Å². The number of hydrogen-bond acceptors (Lipinski definition) is 1. The third-order valence-corrected chi connectivity index (χ3v) is 12.5. The molecule has 0 aromatic heterocycles. The molecule has 0 aromatic rings. The van der Waals surface area contributed by atoms with Crippen molar-refractivity contribution in [3.8, 4) is 0 Å². The molecular formula is C19H37NP+. The first kappa shape index (κ1) is 16.3. The number of nitrogens with one attached hydrogen (secondary N) is 1. The standard InChI is InChI=1S/C19H37NP/c1-19(2,3)20-21(16-10-4-5-11-16,17-12-6-7-13-17)18-14-8-9-15-18/h16-18,20H,4-15H2,1-3H3/q+1. The average Bonchev–Trinajstić information content (AvgIpc) is 3.15. The minimum absolute atomic E-state index is 0.307. The predicted octanol–water partition coefficient (Wildman–Crippen LogP) is 6.13. The summed E-state index contributed by atoms with van der Waals surface area (Å²) in [7, 11) is -1.01. The van der Waals surface area contributed by atoms with E-state index in [1.807, 2.05) is 0 Å². The van der Waals surface area contributed by atoms with Crippen LogP contribution in [0.25, 0.3) is 0 Å². The predicted molar refractivity (Wildman–Crippen MR) is 96.6 cm³/mol. The Morgan fingerprint density at radius 2 is 0.905 bits per heavy atom. The van der Waals surface area contributed by atoms with Crippen molar-refractivity contribution in [3.05, 3.63) is 0 Å². The van der Waals surface area contributed by atoms with Crippen LogP contribution in [0.15, 0.2) is 0 Å². The van der Waals surface area contributed by atoms with Crippen LogP contribution in [-0.4, -0.2) is 22.5 Å². The molecule has 0 unspecified atom stereocenters. The van der Waals surface area contributed by atoms with E-state index >= 15 is 0 Å². The lowest BCUT2D eigenvalue weighted by molar-refractivity contribution is 0.507. The van der Waals surface area contributed by atoms with Gasteiger partial charge < -0.3 is 0 Å². The van der Waals surface area contributed by atoms with Gasteiger partial charge in [-0.25, -0.2) is 0 Å². The van der Waals surface area contributed by atoms with Crippen molar-refractivity contribution in [1.82, 2.24) is 5.09 Å². The molecule has 122 valence electrons. The van der Waals surface area contributed by atoms with Gasteiger partial charge in [0.1, 0.15) is 0 Å². The highest BCUT2D eigenvalue weighted by molar-refractivity contribution is 7.76. The van der Waals surface area contributed by atoms with Crippen LogP contribution in [0.1, 0.15) is 97.8 Å². The van der Waals surface area contributed by atoms with Crippen molar-refractivity contribution in [2.75, 3.05) is 0 Å². The molecule has 0 aromatic carbocycles. The molecular weight excluding hydrogens is 273 g/mol. The highest BCUT2D eigenvalue weighted by Gasteiger charge is 2.60. The first-order valence-electron chi connectivity index (χ1n) is 9.70. The number of hydrogen-bond donors (Lipinski definition) is 1. The SMILES string of the molecule is CC(C)(C)N[P+](C1CCCC1)(C1CCCC1)C1CCCC1. The van der Waals surface area contributed by atoms with Gasteiger partial charge >= 0.3 is 0 Å². The van der Waals surface area contributed by atoms with Gasteiger partial charge in [0.2, 0.25) is 0 Å². The lowest BCUT2D eigenvalue weighted by Crippen LogP contribution is -2.46. The second-order valence-corrected chi connectivity index (χ2v) is 13.1. The molecule has 3 fully saturated rings. The van der Waals surface area contributed by atoms with Crippen molar-refractivity contribution in [3.63, 3.8) is 0 Å². The molecule has 3 rings (SSSR count). The molecule has 0 bridgehead atoms. The fourth-order valence-electron chi connectivity index (χ4n) is 5.74. The first-order chi connectivity index (χ1) is 10.0. The van der Waals surface area contributed by atoms with E-state index < -0.39 is 7.41 Å². The van der Waals surface area contributed by atoms with Crippen molar-refractivity contribution < 1.29 is 0 Å². The normalized spacial score (nSPS) is 27.0. The molecule has 3 saturated carbocycles. The fraction of sp³-hybridized carbons (Fsp3) is 1.00. The highest BCUT2D eigenvalue weighted by Crippen LogP contribution is 2.76. The smallest absolute Gasteiger partial charge is 0.0895 e. The monoisotopic (exact) mass is 310 g/mol. The van der Waals surface area contributed by atoms with Crippen LogP contribution >= 0.6 is 7.41 Å². The topological polar surface area (TPSA) is 12.0 Å². The molecule has 0 spiro atoms. The van der Waals surface area contributed by atoms with Crippen molar-refractivity contribution >= 4 is 7.41 Å². The Bertz CT molecular complexity index is 287. The largest absolute Gasteiger partial charge is 0.186 e. The van der Waals surface area contributed by atoms with Gasteiger partial charge in [-0.05, 0) is 97.8 Å². The van der Waals surface area contributed by atoms with Crippen LogP contribution in [0, 0.1) is 0 Å². The van der Waals surface area contributed by atoms with Crippen LogP contribution in [0.2, 0.25) is 0 Å². The van der Waals surface area contributed by atoms with E-state index in [4.69, 9.17) is 0 Å². The Morgan fingerprint density at radius 3 is 1.14 bits per heavy atom. The summed E-state index contributed by atoms with van der Waals surface area (Å²) in [6, 6.07) is 0. The van der Waals surface area contributed by atoms with E-state index in [0.29, 0.717) is 5.54 Å². The molecule has 3 aliphatic rings. The molecule has 21 heavy (non-hydrogen) atoms. The van der Waals surface area contributed by atoms with Crippen molar-refractivity contribution in [2.45, 2.75) is 120 Å². The van der Waals surface area contributed by atoms with Crippen LogP contribution in [0.5, 0.6) is 0 Å². The fourth-order valence-corrected chi connectivity index (χ4v) is 12.9. The van der Waals surface area contributed by atoms with Gasteiger partial charge in [-0.1, -0.05) is 0 Å². The summed E-state index contributed by atoms with van der Waals surface area (Å²) in [4.78, 5) is 0. The quantitative estimate of drug-likeness (QED) is 0.615. The van der Waals surface area contributed by atoms with E-state index in [-0.39, 0.29) is 0 Å². The minimum atomic E-state index is -1.01. The average molecular weight is 310 g/mol. The van der Waals surface area contributed by atoms with Gasteiger partial charge in [0.25, 0.3) is 0 Å². The maximum atomic E-state index is 4.41. The molecule has 0 radical (unpaired) electrons. The van der Waals surface area contributed by atoms with E-state index in [1.54, 1.807) is 38.5 Å². The Kier molecular flexibility index (Phi) is 5.02. The zero-order chi connectivity index (χ0) is 14.9. The number of rotatable bonds is 4. The molecule has 1 nitrogen and oxygen atoms in total. The van der Waals surface area contributed by atoms with Crippen molar-refractivity contribution in [2.24, 2.45) is 0 Å². The van der Waals surface area contributed by atoms with Crippen LogP contribution in [-0.2, 0) is 0 Å². The first-order valence-corrected chi connectivity index (χ1v) is 11.7. The summed E-state index contributed by atoms with van der Waals surface area (Å²) in [5, 5.41) is 4.41. The van der Waals surface area contributed by atoms with Crippen LogP contribution in [0.4, 0.5) is 0 Å². The Balaban J connectivity index is 1.94. The van der Waals surface area contributed by atoms with E-state index in [0.717, 1.165) is 17.0 Å². The minimum Gasteiger partial charge on any atom is -0.186 e. The third-order valence-electron chi connectivity index (χ3n) is 6.32. The van der Waals surface area contributed by atoms with Gasteiger partial charge in [0.05, 0.1) is 24.4 Å². The molecule has 1 N–H and O–H groups in total. The van der Waals surface area contributed by atoms with Gasteiger partial charge in [0.15, 0.2) is 0 Å². The summed E-state index contributed by atoms with van der Waals surface area (Å²) in [6.45, 7) is 7.29. The highest BCUT2D eigenvalue weighted by atomic mass is 31.2. The lowest BCUT2D eigenvalue weighted by atomic mass is 10.1. The maximum absolute atomic E-state index is 4.41. The third kappa shape index (κ3) is 3.35. The second kappa shape index (κ2) is 6.48. The molecule has 0 saturated heterocycles. The molecule has 0 aliphatic heterocycles. The molecule has 0 heterocycles. The summed E-state index contributed by atoms with van der Waals surface area (Å²) >= 11 is 0. The maximum Gasteiger partial charge on any atom is 0.0895 e. The van der Waals surface area contributed by atoms with Gasteiger partial charge in [0, 0.05) is 5.54 Å². The van der Waals surface area contributed by atoms with Crippen LogP contribution in [0.3, 0.4) is 0 Å². The summed E-state index contributed by atoms with van der Waals surface area (Å²) in [6.07, 6.45) is 18.3. The zero-order valence-corrected chi connectivity index (χ0v) is 15.6. The summed E-state index contributed by atoms with van der Waals surface area (Å²) in [5.74, 6) is 0. The summed E-state index contributed by atoms with van der Waals surface area (Å²) in [5.41, 5.74) is 3.52. The Morgan fingerprint density at radius 1 is 0.619 bits per heavy atom. The second-order valence-electron chi connectivity index (χ2n) is 9.01. The molecule has 0 atom stereocenters. The lowest BCUT2D eigenvalue weighted by Gasteiger charge is -2.45. The zero-order valence-electron chi connectivity index (χ0n) is 14.7. The van der Waals surface area contributed by atoms with Crippen molar-refractivity contribution in [1.29, 1.82) is 0 Å². The van der Waals surface area contributed by atoms with Gasteiger partial charge in [-0.2, -0.15) is 5.09 Å². The van der Waals surface area contributed by atoms with E-state index in [2.05, 4.69) is 25.9 Å². The Labute approximate surface area is 133 Å². The molecule has 0 amide bonds. The van der Waals surface area contributed by atoms with Crippen LogP contribution < -0.4 is 5.09 Å². The van der Waals surface area contributed by atoms with Gasteiger partial charge in [-0.15, -0.1) is 0 Å². The summed E-state index contributed by atoms with van der Waals surface area (Å²) < 4.78 is 0. The Hall–Kier alpha value is 0.390. The van der Waals surface area contributed by atoms with E-state index in [1.165, 1.54) is 38.5 Å².